The zero-order chi connectivity index (χ0) is 13.9. The van der Waals surface area contributed by atoms with E-state index in [0.29, 0.717) is 6.67 Å². The fourth-order valence-electron chi connectivity index (χ4n) is 2.63. The van der Waals surface area contributed by atoms with Gasteiger partial charge in [-0.1, -0.05) is 18.2 Å². The van der Waals surface area contributed by atoms with Crippen LogP contribution in [-0.2, 0) is 6.67 Å². The molecule has 0 bridgehead atoms. The maximum atomic E-state index is 12.5. The fraction of sp³-hybridized carbons (Fsp3) is 0.467. The predicted octanol–water partition coefficient (Wildman–Crippen LogP) is 2.10. The highest BCUT2D eigenvalue weighted by Crippen LogP contribution is 2.13. The summed E-state index contributed by atoms with van der Waals surface area (Å²) in [6, 6.07) is 7.72. The molecule has 0 amide bonds. The fourth-order valence-corrected chi connectivity index (χ4v) is 3.55. The SMILES string of the molecule is Cc1nn(CN2CCCSCC2)c(=O)c2ccccc12. The van der Waals surface area contributed by atoms with Crippen molar-refractivity contribution in [2.45, 2.75) is 20.0 Å². The maximum Gasteiger partial charge on any atom is 0.275 e. The molecule has 5 heteroatoms. The summed E-state index contributed by atoms with van der Waals surface area (Å²) in [5, 5.41) is 6.21. The van der Waals surface area contributed by atoms with Crippen LogP contribution < -0.4 is 5.56 Å². The molecule has 2 aromatic rings. The van der Waals surface area contributed by atoms with Crippen molar-refractivity contribution in [3.63, 3.8) is 0 Å². The largest absolute Gasteiger partial charge is 0.283 e. The van der Waals surface area contributed by atoms with Crippen LogP contribution in [0.5, 0.6) is 0 Å². The third kappa shape index (κ3) is 2.74. The first-order valence-corrected chi connectivity index (χ1v) is 8.18. The van der Waals surface area contributed by atoms with Gasteiger partial charge >= 0.3 is 0 Å². The van der Waals surface area contributed by atoms with Gasteiger partial charge in [0.2, 0.25) is 0 Å². The molecule has 0 aliphatic carbocycles. The maximum absolute atomic E-state index is 12.5. The van der Waals surface area contributed by atoms with Gasteiger partial charge in [0.25, 0.3) is 5.56 Å². The number of hydrogen-bond acceptors (Lipinski definition) is 4. The third-order valence-corrected chi connectivity index (χ3v) is 4.75. The molecule has 0 spiro atoms. The number of aryl methyl sites for hydroxylation is 1. The van der Waals surface area contributed by atoms with Crippen LogP contribution in [0.15, 0.2) is 29.1 Å². The van der Waals surface area contributed by atoms with Crippen molar-refractivity contribution in [1.29, 1.82) is 0 Å². The Labute approximate surface area is 122 Å². The van der Waals surface area contributed by atoms with Crippen LogP contribution >= 0.6 is 11.8 Å². The van der Waals surface area contributed by atoms with Crippen molar-refractivity contribution in [2.75, 3.05) is 24.6 Å². The van der Waals surface area contributed by atoms with E-state index in [2.05, 4.69) is 10.00 Å². The van der Waals surface area contributed by atoms with Crippen molar-refractivity contribution in [1.82, 2.24) is 14.7 Å². The molecule has 0 saturated carbocycles. The Bertz CT molecular complexity index is 660. The molecule has 2 heterocycles. The quantitative estimate of drug-likeness (QED) is 0.848. The van der Waals surface area contributed by atoms with Gasteiger partial charge in [0.05, 0.1) is 17.7 Å². The van der Waals surface area contributed by atoms with Crippen molar-refractivity contribution in [2.24, 2.45) is 0 Å². The van der Waals surface area contributed by atoms with E-state index in [1.54, 1.807) is 4.68 Å². The number of fused-ring (bicyclic) bond motifs is 1. The summed E-state index contributed by atoms with van der Waals surface area (Å²) in [6.07, 6.45) is 1.19. The van der Waals surface area contributed by atoms with Crippen molar-refractivity contribution >= 4 is 22.5 Å². The van der Waals surface area contributed by atoms with E-state index >= 15 is 0 Å². The molecule has 20 heavy (non-hydrogen) atoms. The molecule has 1 fully saturated rings. The standard InChI is InChI=1S/C15H19N3OS/c1-12-13-5-2-3-6-14(13)15(19)18(16-12)11-17-7-4-9-20-10-8-17/h2-3,5-6H,4,7-11H2,1H3. The molecule has 0 atom stereocenters. The second kappa shape index (κ2) is 5.97. The molecule has 106 valence electrons. The molecule has 1 aromatic heterocycles. The first kappa shape index (κ1) is 13.6. The number of nitrogens with zero attached hydrogens (tertiary/aromatic N) is 3. The van der Waals surface area contributed by atoms with Crippen molar-refractivity contribution in [3.05, 3.63) is 40.3 Å². The number of hydrogen-bond donors (Lipinski definition) is 0. The molecule has 1 aromatic carbocycles. The second-order valence-electron chi connectivity index (χ2n) is 5.16. The minimum atomic E-state index is 0.0168. The first-order chi connectivity index (χ1) is 9.75. The van der Waals surface area contributed by atoms with E-state index in [1.165, 1.54) is 12.2 Å². The molecule has 1 saturated heterocycles. The average Bonchev–Trinajstić information content (AvgIpc) is 2.73. The normalized spacial score (nSPS) is 17.2. The van der Waals surface area contributed by atoms with Crippen LogP contribution in [0, 0.1) is 6.92 Å². The highest BCUT2D eigenvalue weighted by molar-refractivity contribution is 7.99. The molecule has 0 unspecified atom stereocenters. The topological polar surface area (TPSA) is 38.1 Å². The Kier molecular flexibility index (Phi) is 4.08. The van der Waals surface area contributed by atoms with Gasteiger partial charge in [-0.2, -0.15) is 16.9 Å². The van der Waals surface area contributed by atoms with Gasteiger partial charge in [-0.25, -0.2) is 4.68 Å². The van der Waals surface area contributed by atoms with Gasteiger partial charge in [-0.15, -0.1) is 0 Å². The lowest BCUT2D eigenvalue weighted by molar-refractivity contribution is 0.218. The van der Waals surface area contributed by atoms with Gasteiger partial charge in [0, 0.05) is 24.2 Å². The predicted molar refractivity (Wildman–Crippen MR) is 84.3 cm³/mol. The molecule has 3 rings (SSSR count). The summed E-state index contributed by atoms with van der Waals surface area (Å²) >= 11 is 1.99. The summed E-state index contributed by atoms with van der Waals surface area (Å²) in [4.78, 5) is 14.8. The van der Waals surface area contributed by atoms with E-state index in [9.17, 15) is 4.79 Å². The minimum Gasteiger partial charge on any atom is -0.283 e. The molecule has 0 N–H and O–H groups in total. The highest BCUT2D eigenvalue weighted by atomic mass is 32.2. The van der Waals surface area contributed by atoms with Crippen LogP contribution in [0.3, 0.4) is 0 Å². The molecular formula is C15H19N3OS. The minimum absolute atomic E-state index is 0.0168. The van der Waals surface area contributed by atoms with Crippen LogP contribution in [0.4, 0.5) is 0 Å². The zero-order valence-electron chi connectivity index (χ0n) is 11.7. The van der Waals surface area contributed by atoms with Gasteiger partial charge in [0.15, 0.2) is 0 Å². The van der Waals surface area contributed by atoms with E-state index in [0.717, 1.165) is 35.3 Å². The Hall–Kier alpha value is -1.33. The number of thioether (sulfide) groups is 1. The Morgan fingerprint density at radius 1 is 1.20 bits per heavy atom. The lowest BCUT2D eigenvalue weighted by Crippen LogP contribution is -2.35. The average molecular weight is 289 g/mol. The van der Waals surface area contributed by atoms with Crippen LogP contribution in [0.2, 0.25) is 0 Å². The summed E-state index contributed by atoms with van der Waals surface area (Å²) in [5.41, 5.74) is 0.937. The molecule has 1 aliphatic rings. The Morgan fingerprint density at radius 2 is 2.00 bits per heavy atom. The Balaban J connectivity index is 1.95. The molecule has 0 radical (unpaired) electrons. The summed E-state index contributed by atoms with van der Waals surface area (Å²) < 4.78 is 1.62. The summed E-state index contributed by atoms with van der Waals surface area (Å²) in [7, 11) is 0. The van der Waals surface area contributed by atoms with Crippen LogP contribution in [0.1, 0.15) is 12.1 Å². The first-order valence-electron chi connectivity index (χ1n) is 7.02. The number of rotatable bonds is 2. The van der Waals surface area contributed by atoms with Crippen molar-refractivity contribution < 1.29 is 0 Å². The smallest absolute Gasteiger partial charge is 0.275 e. The number of benzene rings is 1. The van der Waals surface area contributed by atoms with Crippen LogP contribution in [-0.4, -0.2) is 39.3 Å². The monoisotopic (exact) mass is 289 g/mol. The van der Waals surface area contributed by atoms with Crippen LogP contribution in [0.25, 0.3) is 10.8 Å². The van der Waals surface area contributed by atoms with E-state index in [1.807, 2.05) is 43.0 Å². The van der Waals surface area contributed by atoms with E-state index in [-0.39, 0.29) is 5.56 Å². The molecule has 1 aliphatic heterocycles. The zero-order valence-corrected chi connectivity index (χ0v) is 12.5. The Morgan fingerprint density at radius 3 is 2.85 bits per heavy atom. The summed E-state index contributed by atoms with van der Waals surface area (Å²) in [6.45, 7) is 4.65. The van der Waals surface area contributed by atoms with E-state index < -0.39 is 0 Å². The third-order valence-electron chi connectivity index (χ3n) is 3.70. The molecular weight excluding hydrogens is 270 g/mol. The lowest BCUT2D eigenvalue weighted by Gasteiger charge is -2.20. The molecule has 4 nitrogen and oxygen atoms in total. The van der Waals surface area contributed by atoms with Crippen molar-refractivity contribution in [3.8, 4) is 0 Å². The second-order valence-corrected chi connectivity index (χ2v) is 6.39. The number of aromatic nitrogens is 2. The van der Waals surface area contributed by atoms with Gasteiger partial charge in [0.1, 0.15) is 0 Å². The van der Waals surface area contributed by atoms with E-state index in [4.69, 9.17) is 0 Å². The highest BCUT2D eigenvalue weighted by Gasteiger charge is 2.13. The lowest BCUT2D eigenvalue weighted by atomic mass is 10.1. The van der Waals surface area contributed by atoms with Gasteiger partial charge < -0.3 is 0 Å². The summed E-state index contributed by atoms with van der Waals surface area (Å²) in [5.74, 6) is 2.36. The van der Waals surface area contributed by atoms with Gasteiger partial charge in [-0.05, 0) is 25.2 Å². The van der Waals surface area contributed by atoms with Gasteiger partial charge in [-0.3, -0.25) is 9.69 Å².